The summed E-state index contributed by atoms with van der Waals surface area (Å²) in [6.45, 7) is 2.67. The van der Waals surface area contributed by atoms with E-state index in [0.717, 1.165) is 12.8 Å². The van der Waals surface area contributed by atoms with Crippen LogP contribution in [0.25, 0.3) is 0 Å². The van der Waals surface area contributed by atoms with E-state index >= 15 is 0 Å². The summed E-state index contributed by atoms with van der Waals surface area (Å²) in [6.07, 6.45) is 4.58. The number of carbonyl (C=O) groups excluding carboxylic acids is 1. The summed E-state index contributed by atoms with van der Waals surface area (Å²) in [6, 6.07) is 0.374. The largest absolute Gasteiger partial charge is 0.466 e. The molecule has 0 spiro atoms. The number of hydrogen-bond acceptors (Lipinski definition) is 4. The van der Waals surface area contributed by atoms with E-state index < -0.39 is 0 Å². The standard InChI is InChI=1S/C10H17NO3/c1-8-3-4-9(12)7-11(8)6-5-10(13)14-2/h5-6,8-9,12H,3-4,7H2,1-2H3/b6-5+. The minimum absolute atomic E-state index is 0.284. The van der Waals surface area contributed by atoms with Gasteiger partial charge in [-0.1, -0.05) is 0 Å². The third kappa shape index (κ3) is 3.03. The molecule has 0 aliphatic carbocycles. The van der Waals surface area contributed by atoms with Gasteiger partial charge in [0.05, 0.1) is 13.2 Å². The molecule has 1 heterocycles. The summed E-state index contributed by atoms with van der Waals surface area (Å²) in [5.74, 6) is -0.364. The van der Waals surface area contributed by atoms with E-state index in [9.17, 15) is 9.90 Å². The van der Waals surface area contributed by atoms with Gasteiger partial charge < -0.3 is 14.7 Å². The number of methoxy groups -OCH3 is 1. The molecule has 0 aromatic carbocycles. The third-order valence-electron chi connectivity index (χ3n) is 2.51. The summed E-state index contributed by atoms with van der Waals surface area (Å²) >= 11 is 0. The number of piperidine rings is 1. The fourth-order valence-electron chi connectivity index (χ4n) is 1.55. The number of likely N-dealkylation sites (tertiary alicyclic amines) is 1. The maximum atomic E-state index is 10.8. The summed E-state index contributed by atoms with van der Waals surface area (Å²) in [5.41, 5.74) is 0. The molecule has 1 fully saturated rings. The topological polar surface area (TPSA) is 49.8 Å². The lowest BCUT2D eigenvalue weighted by atomic mass is 10.0. The van der Waals surface area contributed by atoms with Crippen molar-refractivity contribution in [2.75, 3.05) is 13.7 Å². The van der Waals surface area contributed by atoms with Crippen LogP contribution < -0.4 is 0 Å². The summed E-state index contributed by atoms with van der Waals surface area (Å²) in [7, 11) is 1.35. The molecule has 1 saturated heterocycles. The second-order valence-corrected chi connectivity index (χ2v) is 3.62. The average Bonchev–Trinajstić information content (AvgIpc) is 2.19. The van der Waals surface area contributed by atoms with Crippen molar-refractivity contribution in [1.82, 2.24) is 4.90 Å². The van der Waals surface area contributed by atoms with Crippen molar-refractivity contribution in [3.8, 4) is 0 Å². The summed E-state index contributed by atoms with van der Waals surface area (Å²) in [4.78, 5) is 12.8. The quantitative estimate of drug-likeness (QED) is 0.520. The van der Waals surface area contributed by atoms with Gasteiger partial charge >= 0.3 is 5.97 Å². The summed E-state index contributed by atoms with van der Waals surface area (Å²) < 4.78 is 4.49. The number of nitrogens with zero attached hydrogens (tertiary/aromatic N) is 1. The lowest BCUT2D eigenvalue weighted by Gasteiger charge is -2.35. The minimum atomic E-state index is -0.364. The molecular formula is C10H17NO3. The molecule has 0 aromatic heterocycles. The molecule has 1 aliphatic rings. The molecule has 0 bridgehead atoms. The van der Waals surface area contributed by atoms with Crippen LogP contribution in [0.2, 0.25) is 0 Å². The van der Waals surface area contributed by atoms with Gasteiger partial charge in [-0.15, -0.1) is 0 Å². The molecule has 14 heavy (non-hydrogen) atoms. The lowest BCUT2D eigenvalue weighted by molar-refractivity contribution is -0.134. The Kier molecular flexibility index (Phi) is 3.95. The molecule has 80 valence electrons. The first kappa shape index (κ1) is 11.0. The fraction of sp³-hybridized carbons (Fsp3) is 0.700. The van der Waals surface area contributed by atoms with Crippen LogP contribution in [-0.4, -0.2) is 41.8 Å². The predicted molar refractivity (Wildman–Crippen MR) is 52.6 cm³/mol. The first-order valence-corrected chi connectivity index (χ1v) is 4.83. The molecule has 0 saturated carbocycles. The minimum Gasteiger partial charge on any atom is -0.466 e. The van der Waals surface area contributed by atoms with Crippen LogP contribution in [0.3, 0.4) is 0 Å². The zero-order valence-corrected chi connectivity index (χ0v) is 8.64. The van der Waals surface area contributed by atoms with Crippen molar-refractivity contribution in [1.29, 1.82) is 0 Å². The average molecular weight is 199 g/mol. The predicted octanol–water partition coefficient (Wildman–Crippen LogP) is 0.518. The fourth-order valence-corrected chi connectivity index (χ4v) is 1.55. The van der Waals surface area contributed by atoms with Gasteiger partial charge in [0.2, 0.25) is 0 Å². The molecule has 1 N–H and O–H groups in total. The van der Waals surface area contributed by atoms with Crippen LogP contribution in [0.15, 0.2) is 12.3 Å². The van der Waals surface area contributed by atoms with Crippen LogP contribution in [0.1, 0.15) is 19.8 Å². The third-order valence-corrected chi connectivity index (χ3v) is 2.51. The Hall–Kier alpha value is -1.03. The molecular weight excluding hydrogens is 182 g/mol. The van der Waals surface area contributed by atoms with Crippen LogP contribution in [0.4, 0.5) is 0 Å². The molecule has 2 atom stereocenters. The molecule has 2 unspecified atom stereocenters. The van der Waals surface area contributed by atoms with Crippen LogP contribution in [0, 0.1) is 0 Å². The van der Waals surface area contributed by atoms with Crippen LogP contribution in [0.5, 0.6) is 0 Å². The second kappa shape index (κ2) is 5.00. The Bertz CT molecular complexity index is 227. The zero-order valence-electron chi connectivity index (χ0n) is 8.64. The van der Waals surface area contributed by atoms with Gasteiger partial charge in [-0.05, 0) is 19.8 Å². The van der Waals surface area contributed by atoms with Crippen molar-refractivity contribution < 1.29 is 14.6 Å². The van der Waals surface area contributed by atoms with E-state index in [-0.39, 0.29) is 12.1 Å². The Morgan fingerprint density at radius 2 is 2.29 bits per heavy atom. The second-order valence-electron chi connectivity index (χ2n) is 3.62. The maximum Gasteiger partial charge on any atom is 0.331 e. The van der Waals surface area contributed by atoms with E-state index in [1.807, 2.05) is 4.90 Å². The number of aliphatic hydroxyl groups is 1. The highest BCUT2D eigenvalue weighted by Crippen LogP contribution is 2.16. The van der Waals surface area contributed by atoms with E-state index in [2.05, 4.69) is 11.7 Å². The SMILES string of the molecule is COC(=O)/C=C/N1CC(O)CCC1C. The number of ether oxygens (including phenoxy) is 1. The molecule has 4 nitrogen and oxygen atoms in total. The number of esters is 1. The number of β-amino-alcohol motifs (C(OH)–C–C–N with tert-alkyl or cyclic N) is 1. The van der Waals surface area contributed by atoms with Gasteiger partial charge in [0.25, 0.3) is 0 Å². The number of aliphatic hydroxyl groups excluding tert-OH is 1. The van der Waals surface area contributed by atoms with Crippen molar-refractivity contribution in [3.05, 3.63) is 12.3 Å². The van der Waals surface area contributed by atoms with Gasteiger partial charge in [-0.25, -0.2) is 4.79 Å². The molecule has 1 aliphatic heterocycles. The monoisotopic (exact) mass is 199 g/mol. The Labute approximate surface area is 84.2 Å². The van der Waals surface area contributed by atoms with Crippen molar-refractivity contribution >= 4 is 5.97 Å². The van der Waals surface area contributed by atoms with Crippen LogP contribution >= 0.6 is 0 Å². The molecule has 1 rings (SSSR count). The van der Waals surface area contributed by atoms with E-state index in [1.165, 1.54) is 13.2 Å². The number of hydrogen-bond donors (Lipinski definition) is 1. The van der Waals surface area contributed by atoms with Crippen molar-refractivity contribution in [2.24, 2.45) is 0 Å². The highest BCUT2D eigenvalue weighted by atomic mass is 16.5. The smallest absolute Gasteiger partial charge is 0.331 e. The van der Waals surface area contributed by atoms with Gasteiger partial charge in [-0.2, -0.15) is 0 Å². The van der Waals surface area contributed by atoms with E-state index in [4.69, 9.17) is 0 Å². The van der Waals surface area contributed by atoms with Gasteiger partial charge in [0, 0.05) is 24.9 Å². The lowest BCUT2D eigenvalue weighted by Crippen LogP contribution is -2.40. The highest BCUT2D eigenvalue weighted by Gasteiger charge is 2.21. The van der Waals surface area contributed by atoms with Gasteiger partial charge in [-0.3, -0.25) is 0 Å². The molecule has 4 heteroatoms. The van der Waals surface area contributed by atoms with Crippen molar-refractivity contribution in [3.63, 3.8) is 0 Å². The molecule has 0 amide bonds. The number of rotatable bonds is 2. The Morgan fingerprint density at radius 3 is 2.93 bits per heavy atom. The Morgan fingerprint density at radius 1 is 1.57 bits per heavy atom. The number of carbonyl (C=O) groups is 1. The first-order valence-electron chi connectivity index (χ1n) is 4.83. The molecule has 0 aromatic rings. The summed E-state index contributed by atoms with van der Waals surface area (Å²) in [5, 5.41) is 9.43. The Balaban J connectivity index is 2.49. The van der Waals surface area contributed by atoms with Gasteiger partial charge in [0.15, 0.2) is 0 Å². The maximum absolute atomic E-state index is 10.8. The van der Waals surface area contributed by atoms with Gasteiger partial charge in [0.1, 0.15) is 0 Å². The normalized spacial score (nSPS) is 28.1. The van der Waals surface area contributed by atoms with E-state index in [1.54, 1.807) is 6.20 Å². The zero-order chi connectivity index (χ0) is 10.6. The first-order chi connectivity index (χ1) is 6.63. The van der Waals surface area contributed by atoms with Crippen LogP contribution in [-0.2, 0) is 9.53 Å². The highest BCUT2D eigenvalue weighted by molar-refractivity contribution is 5.81. The molecule has 0 radical (unpaired) electrons. The van der Waals surface area contributed by atoms with E-state index in [0.29, 0.717) is 12.6 Å². The van der Waals surface area contributed by atoms with Crippen molar-refractivity contribution in [2.45, 2.75) is 31.9 Å².